The van der Waals surface area contributed by atoms with Crippen LogP contribution in [-0.2, 0) is 4.79 Å². The molecule has 1 aromatic rings. The Balaban J connectivity index is 2.14. The van der Waals surface area contributed by atoms with E-state index in [0.29, 0.717) is 16.3 Å². The molecule has 0 radical (unpaired) electrons. The lowest BCUT2D eigenvalue weighted by Gasteiger charge is -2.20. The lowest BCUT2D eigenvalue weighted by Crippen LogP contribution is -2.27. The molecule has 3 nitrogen and oxygen atoms in total. The minimum atomic E-state index is -0.214. The summed E-state index contributed by atoms with van der Waals surface area (Å²) >= 11 is 7.66. The maximum absolute atomic E-state index is 12.2. The molecule has 1 heterocycles. The van der Waals surface area contributed by atoms with Gasteiger partial charge in [0.05, 0.1) is 10.9 Å². The second-order valence-electron chi connectivity index (χ2n) is 4.49. The van der Waals surface area contributed by atoms with Crippen LogP contribution in [0.1, 0.15) is 24.8 Å². The van der Waals surface area contributed by atoms with Crippen LogP contribution in [0.3, 0.4) is 0 Å². The van der Waals surface area contributed by atoms with Crippen molar-refractivity contribution < 1.29 is 9.90 Å². The monoisotopic (exact) mass is 309 g/mol. The van der Waals surface area contributed by atoms with Gasteiger partial charge in [-0.15, -0.1) is 11.8 Å². The van der Waals surface area contributed by atoms with Gasteiger partial charge in [-0.05, 0) is 36.8 Å². The van der Waals surface area contributed by atoms with Crippen LogP contribution in [0, 0.1) is 11.8 Å². The Bertz CT molecular complexity index is 545. The van der Waals surface area contributed by atoms with E-state index in [4.69, 9.17) is 16.7 Å². The van der Waals surface area contributed by atoms with E-state index < -0.39 is 0 Å². The van der Waals surface area contributed by atoms with Crippen molar-refractivity contribution in [3.05, 3.63) is 28.8 Å². The van der Waals surface area contributed by atoms with Gasteiger partial charge in [0, 0.05) is 10.6 Å². The summed E-state index contributed by atoms with van der Waals surface area (Å²) in [7, 11) is 0. The van der Waals surface area contributed by atoms with Crippen LogP contribution in [0.4, 0.5) is 5.69 Å². The first-order valence-electron chi connectivity index (χ1n) is 6.52. The molecule has 0 aromatic heterocycles. The third-order valence-corrected chi connectivity index (χ3v) is 4.63. The third kappa shape index (κ3) is 4.17. The Morgan fingerprint density at radius 1 is 1.50 bits per heavy atom. The van der Waals surface area contributed by atoms with E-state index in [0.717, 1.165) is 18.6 Å². The average Bonchev–Trinajstić information content (AvgIpc) is 2.47. The van der Waals surface area contributed by atoms with Crippen molar-refractivity contribution in [3.8, 4) is 11.8 Å². The van der Waals surface area contributed by atoms with Crippen LogP contribution in [0.25, 0.3) is 0 Å². The van der Waals surface area contributed by atoms with Gasteiger partial charge in [-0.25, -0.2) is 0 Å². The lowest BCUT2D eigenvalue weighted by atomic mass is 10.1. The first-order chi connectivity index (χ1) is 9.70. The van der Waals surface area contributed by atoms with Crippen molar-refractivity contribution in [2.45, 2.75) is 24.5 Å². The molecule has 1 fully saturated rings. The molecule has 106 valence electrons. The molecular formula is C15H16ClNO2S. The summed E-state index contributed by atoms with van der Waals surface area (Å²) in [4.78, 5) is 12.2. The Kier molecular flexibility index (Phi) is 5.78. The Morgan fingerprint density at radius 2 is 2.35 bits per heavy atom. The van der Waals surface area contributed by atoms with E-state index in [1.54, 1.807) is 30.0 Å². The number of halogens is 1. The number of carbonyl (C=O) groups is 1. The average molecular weight is 310 g/mol. The zero-order chi connectivity index (χ0) is 14.4. The summed E-state index contributed by atoms with van der Waals surface area (Å²) in [6.07, 6.45) is 3.19. The van der Waals surface area contributed by atoms with E-state index >= 15 is 0 Å². The summed E-state index contributed by atoms with van der Waals surface area (Å²) in [6, 6.07) is 5.15. The van der Waals surface area contributed by atoms with Gasteiger partial charge in [-0.2, -0.15) is 0 Å². The fourth-order valence-corrected chi connectivity index (χ4v) is 3.40. The number of benzene rings is 1. The summed E-state index contributed by atoms with van der Waals surface area (Å²) in [5.41, 5.74) is 1.27. The number of thioether (sulfide) groups is 1. The summed E-state index contributed by atoms with van der Waals surface area (Å²) in [5.74, 6) is 6.44. The molecule has 0 bridgehead atoms. The van der Waals surface area contributed by atoms with Gasteiger partial charge in [0.2, 0.25) is 5.91 Å². The molecule has 2 N–H and O–H groups in total. The van der Waals surface area contributed by atoms with Crippen LogP contribution < -0.4 is 5.32 Å². The molecule has 5 heteroatoms. The van der Waals surface area contributed by atoms with Crippen molar-refractivity contribution in [2.75, 3.05) is 17.7 Å². The summed E-state index contributed by atoms with van der Waals surface area (Å²) in [6.45, 7) is -0.214. The Morgan fingerprint density at radius 3 is 3.05 bits per heavy atom. The highest BCUT2D eigenvalue weighted by Gasteiger charge is 2.22. The van der Waals surface area contributed by atoms with Gasteiger partial charge in [-0.3, -0.25) is 4.79 Å². The van der Waals surface area contributed by atoms with Gasteiger partial charge in [0.1, 0.15) is 6.61 Å². The fraction of sp³-hybridized carbons (Fsp3) is 0.400. The number of hydrogen-bond acceptors (Lipinski definition) is 3. The highest BCUT2D eigenvalue weighted by molar-refractivity contribution is 8.00. The van der Waals surface area contributed by atoms with E-state index in [9.17, 15) is 4.79 Å². The minimum absolute atomic E-state index is 0.00128. The van der Waals surface area contributed by atoms with Gasteiger partial charge in [-0.1, -0.05) is 29.9 Å². The number of aliphatic hydroxyl groups is 1. The molecule has 0 spiro atoms. The van der Waals surface area contributed by atoms with Gasteiger partial charge in [0.15, 0.2) is 0 Å². The van der Waals surface area contributed by atoms with Crippen LogP contribution in [0.2, 0.25) is 5.02 Å². The van der Waals surface area contributed by atoms with Crippen molar-refractivity contribution in [3.63, 3.8) is 0 Å². The first-order valence-corrected chi connectivity index (χ1v) is 7.95. The van der Waals surface area contributed by atoms with E-state index in [-0.39, 0.29) is 17.8 Å². The van der Waals surface area contributed by atoms with E-state index in [1.165, 1.54) is 6.42 Å². The zero-order valence-electron chi connectivity index (χ0n) is 11.0. The number of anilines is 1. The van der Waals surface area contributed by atoms with Crippen molar-refractivity contribution in [1.29, 1.82) is 0 Å². The van der Waals surface area contributed by atoms with Crippen LogP contribution in [0.15, 0.2) is 18.2 Å². The smallest absolute Gasteiger partial charge is 0.237 e. The molecule has 1 atom stereocenters. The second kappa shape index (κ2) is 7.58. The maximum Gasteiger partial charge on any atom is 0.237 e. The SMILES string of the molecule is O=C(Nc1cc(Cl)ccc1C#CCO)C1CCCCS1. The van der Waals surface area contributed by atoms with Crippen molar-refractivity contribution in [2.24, 2.45) is 0 Å². The number of nitrogens with one attached hydrogen (secondary N) is 1. The molecule has 1 aromatic carbocycles. The first kappa shape index (κ1) is 15.2. The van der Waals surface area contributed by atoms with E-state index in [2.05, 4.69) is 17.2 Å². The number of hydrogen-bond donors (Lipinski definition) is 2. The van der Waals surface area contributed by atoms with Crippen molar-refractivity contribution in [1.82, 2.24) is 0 Å². The molecule has 1 saturated heterocycles. The topological polar surface area (TPSA) is 49.3 Å². The molecular weight excluding hydrogens is 294 g/mol. The van der Waals surface area contributed by atoms with Crippen molar-refractivity contribution >= 4 is 35.0 Å². The highest BCUT2D eigenvalue weighted by atomic mass is 35.5. The molecule has 2 rings (SSSR count). The summed E-state index contributed by atoms with van der Waals surface area (Å²) < 4.78 is 0. The van der Waals surface area contributed by atoms with Crippen LogP contribution in [0.5, 0.6) is 0 Å². The molecule has 1 aliphatic heterocycles. The lowest BCUT2D eigenvalue weighted by molar-refractivity contribution is -0.115. The molecule has 1 unspecified atom stereocenters. The molecule has 1 amide bonds. The standard InChI is InChI=1S/C15H16ClNO2S/c16-12-7-6-11(4-3-8-18)13(10-12)17-15(19)14-5-1-2-9-20-14/h6-7,10,14,18H,1-2,5,8-9H2,(H,17,19). The fourth-order valence-electron chi connectivity index (χ4n) is 2.02. The Labute approximate surface area is 128 Å². The minimum Gasteiger partial charge on any atom is -0.384 e. The van der Waals surface area contributed by atoms with Crippen LogP contribution >= 0.6 is 23.4 Å². The normalized spacial score (nSPS) is 18.0. The third-order valence-electron chi connectivity index (χ3n) is 3.01. The quantitative estimate of drug-likeness (QED) is 0.826. The summed E-state index contributed by atoms with van der Waals surface area (Å²) in [5, 5.41) is 12.2. The largest absolute Gasteiger partial charge is 0.384 e. The van der Waals surface area contributed by atoms with Gasteiger partial charge in [0.25, 0.3) is 0 Å². The molecule has 0 saturated carbocycles. The van der Waals surface area contributed by atoms with Crippen LogP contribution in [-0.4, -0.2) is 28.6 Å². The number of rotatable bonds is 2. The Hall–Kier alpha value is -1.15. The van der Waals surface area contributed by atoms with Gasteiger partial charge < -0.3 is 10.4 Å². The maximum atomic E-state index is 12.2. The highest BCUT2D eigenvalue weighted by Crippen LogP contribution is 2.27. The molecule has 0 aliphatic carbocycles. The van der Waals surface area contributed by atoms with E-state index in [1.807, 2.05) is 0 Å². The number of amides is 1. The zero-order valence-corrected chi connectivity index (χ0v) is 12.6. The number of aliphatic hydroxyl groups excluding tert-OH is 1. The predicted molar refractivity (Wildman–Crippen MR) is 84.1 cm³/mol. The van der Waals surface area contributed by atoms with Gasteiger partial charge >= 0.3 is 0 Å². The molecule has 20 heavy (non-hydrogen) atoms. The predicted octanol–water partition coefficient (Wildman–Crippen LogP) is 2.91. The number of carbonyl (C=O) groups excluding carboxylic acids is 1. The molecule has 1 aliphatic rings. The second-order valence-corrected chi connectivity index (χ2v) is 6.24.